The molecule has 4 aromatic carbocycles. The van der Waals surface area contributed by atoms with Crippen LogP contribution in [-0.4, -0.2) is 177 Å². The number of nitrogens with zero attached hydrogens (tertiary/aromatic N) is 17. The Hall–Kier alpha value is -15.4. The molecule has 21 rings (SSSR count). The van der Waals surface area contributed by atoms with Crippen LogP contribution in [0.5, 0.6) is 0 Å². The Labute approximate surface area is 856 Å². The fraction of sp³-hybridized carbons (Fsp3) is 0.398. The fourth-order valence-electron chi connectivity index (χ4n) is 19.7. The third kappa shape index (κ3) is 25.8. The number of piperazine rings is 1. The van der Waals surface area contributed by atoms with Gasteiger partial charge in [0, 0.05) is 182 Å². The summed E-state index contributed by atoms with van der Waals surface area (Å²) < 4.78 is 63.8. The summed E-state index contributed by atoms with van der Waals surface area (Å²) in [5, 5.41) is 32.9. The number of pyridine rings is 4. The topological polar surface area (TPSA) is 356 Å². The van der Waals surface area contributed by atoms with Crippen molar-refractivity contribution in [3.05, 3.63) is 268 Å². The normalized spacial score (nSPS) is 16.8. The van der Waals surface area contributed by atoms with E-state index in [2.05, 4.69) is 200 Å². The number of imidazole rings is 1. The van der Waals surface area contributed by atoms with Gasteiger partial charge < -0.3 is 70.9 Å². The lowest BCUT2D eigenvalue weighted by atomic mass is 9.92. The number of alkyl halides is 3. The maximum absolute atomic E-state index is 13.6. The summed E-state index contributed by atoms with van der Waals surface area (Å²) in [6, 6.07) is 40.5. The molecule has 148 heavy (non-hydrogen) atoms. The fourth-order valence-corrected chi connectivity index (χ4v) is 19.7. The Morgan fingerprint density at radius 1 is 0.534 bits per heavy atom. The Balaban J connectivity index is 0.000000130. The van der Waals surface area contributed by atoms with Gasteiger partial charge in [-0.3, -0.25) is 37.4 Å². The molecule has 0 amide bonds. The maximum atomic E-state index is 13.6. The number of halogens is 3. The Kier molecular flexibility index (Phi) is 33.5. The average Bonchev–Trinajstić information content (AvgIpc) is 1.12. The van der Waals surface area contributed by atoms with Gasteiger partial charge >= 0.3 is 6.18 Å². The van der Waals surface area contributed by atoms with Crippen LogP contribution in [0.15, 0.2) is 200 Å². The number of hydrogen-bond donors (Lipinski definition) is 8. The number of anilines is 10. The molecule has 764 valence electrons. The third-order valence-electron chi connectivity index (χ3n) is 27.5. The van der Waals surface area contributed by atoms with Gasteiger partial charge in [-0.1, -0.05) is 111 Å². The molecule has 14 heterocycles. The zero-order valence-electron chi connectivity index (χ0n) is 84.5. The summed E-state index contributed by atoms with van der Waals surface area (Å²) in [7, 11) is 3.82. The number of ether oxygens (including phenoxy) is 2. The molecular weight excluding hydrogens is 1880 g/mol. The molecule has 2 saturated carbocycles. The zero-order chi connectivity index (χ0) is 103. The van der Waals surface area contributed by atoms with Crippen LogP contribution in [0.1, 0.15) is 205 Å². The summed E-state index contributed by atoms with van der Waals surface area (Å²) in [5.74, 6) is 23.5. The van der Waals surface area contributed by atoms with Crippen molar-refractivity contribution in [2.75, 3.05) is 124 Å². The molecule has 3 atom stereocenters. The van der Waals surface area contributed by atoms with E-state index in [-0.39, 0.29) is 63.9 Å². The lowest BCUT2D eigenvalue weighted by Crippen LogP contribution is -2.43. The van der Waals surface area contributed by atoms with Gasteiger partial charge in [0.1, 0.15) is 28.7 Å². The number of aromatic nitrogens is 15. The Morgan fingerprint density at radius 3 is 1.65 bits per heavy atom. The van der Waals surface area contributed by atoms with Gasteiger partial charge in [0.05, 0.1) is 66.8 Å². The molecule has 10 aromatic heterocycles. The zero-order valence-corrected chi connectivity index (χ0v) is 84.5. The van der Waals surface area contributed by atoms with E-state index in [0.717, 1.165) is 197 Å². The highest BCUT2D eigenvalue weighted by Crippen LogP contribution is 2.37. The van der Waals surface area contributed by atoms with Crippen molar-refractivity contribution in [3.63, 3.8) is 0 Å². The highest BCUT2D eigenvalue weighted by atomic mass is 19.4. The molecule has 3 aliphatic carbocycles. The largest absolute Gasteiger partial charge is 0.452 e. The van der Waals surface area contributed by atoms with E-state index >= 15 is 0 Å². The summed E-state index contributed by atoms with van der Waals surface area (Å²) >= 11 is 0. The predicted octanol–water partition coefficient (Wildman–Crippen LogP) is 17.2. The van der Waals surface area contributed by atoms with Crippen molar-refractivity contribution in [1.82, 2.24) is 93.7 Å². The van der Waals surface area contributed by atoms with E-state index in [4.69, 9.17) is 19.4 Å². The summed E-state index contributed by atoms with van der Waals surface area (Å²) in [5.41, 5.74) is 12.4. The second-order valence-corrected chi connectivity index (χ2v) is 39.0. The summed E-state index contributed by atoms with van der Waals surface area (Å²) in [4.78, 5) is 99.4. The molecular formula is C113H124F3N25O7. The number of fused-ring (bicyclic) bond motifs is 4. The number of nitrogens with one attached hydrogen (secondary N) is 8. The number of hydrogen-bond acceptors (Lipinski definition) is 27. The Bertz CT molecular complexity index is 7610. The van der Waals surface area contributed by atoms with Crippen LogP contribution in [0.2, 0.25) is 0 Å². The first kappa shape index (κ1) is 103. The highest BCUT2D eigenvalue weighted by Gasteiger charge is 2.39. The predicted molar refractivity (Wildman–Crippen MR) is 573 cm³/mol. The van der Waals surface area contributed by atoms with Crippen molar-refractivity contribution in [2.24, 2.45) is 11.8 Å². The van der Waals surface area contributed by atoms with Crippen molar-refractivity contribution < 1.29 is 27.2 Å². The van der Waals surface area contributed by atoms with Crippen molar-refractivity contribution in [2.45, 2.75) is 187 Å². The van der Waals surface area contributed by atoms with Crippen molar-refractivity contribution in [3.8, 4) is 47.5 Å². The molecule has 32 nitrogen and oxygen atoms in total. The number of likely N-dealkylation sites (N-methyl/N-ethyl adjacent to an activating group) is 1. The van der Waals surface area contributed by atoms with Gasteiger partial charge in [0.2, 0.25) is 29.6 Å². The van der Waals surface area contributed by atoms with Crippen LogP contribution in [0, 0.1) is 59.4 Å². The number of methoxy groups -OCH3 is 1. The second kappa shape index (κ2) is 48.3. The molecule has 0 spiro atoms. The molecule has 4 saturated heterocycles. The van der Waals surface area contributed by atoms with Crippen LogP contribution in [-0.2, 0) is 35.3 Å². The molecule has 0 radical (unpaired) electrons. The number of likely N-dealkylation sites (tertiary alicyclic amines) is 1. The van der Waals surface area contributed by atoms with Gasteiger partial charge in [0.25, 0.3) is 22.2 Å². The van der Waals surface area contributed by atoms with Gasteiger partial charge in [0.15, 0.2) is 0 Å². The molecule has 14 aromatic rings. The lowest BCUT2D eigenvalue weighted by molar-refractivity contribution is -0.156. The second-order valence-electron chi connectivity index (χ2n) is 39.0. The minimum absolute atomic E-state index is 0.0126. The van der Waals surface area contributed by atoms with Crippen LogP contribution in [0.25, 0.3) is 44.1 Å². The van der Waals surface area contributed by atoms with E-state index in [1.165, 1.54) is 49.4 Å². The van der Waals surface area contributed by atoms with Gasteiger partial charge in [-0.05, 0) is 250 Å². The molecule has 35 heteroatoms. The summed E-state index contributed by atoms with van der Waals surface area (Å²) in [6.45, 7) is 21.4. The molecule has 8 N–H and O–H groups in total. The Morgan fingerprint density at radius 2 is 1.09 bits per heavy atom. The average molecular weight is 2000 g/mol. The number of rotatable bonds is 23. The van der Waals surface area contributed by atoms with Gasteiger partial charge in [-0.15, -0.1) is 0 Å². The van der Waals surface area contributed by atoms with Gasteiger partial charge in [-0.2, -0.15) is 33.1 Å². The first-order valence-corrected chi connectivity index (χ1v) is 51.4. The number of allylic oxidation sites excluding steroid dienone is 2. The molecule has 7 aliphatic rings. The lowest BCUT2D eigenvalue weighted by Gasteiger charge is -2.29. The van der Waals surface area contributed by atoms with Crippen LogP contribution >= 0.6 is 0 Å². The smallest absolute Gasteiger partial charge is 0.447 e. The minimum atomic E-state index is -4.77. The summed E-state index contributed by atoms with van der Waals surface area (Å²) in [6.07, 6.45) is 27.7. The van der Waals surface area contributed by atoms with E-state index in [1.807, 2.05) is 111 Å². The van der Waals surface area contributed by atoms with E-state index in [0.29, 0.717) is 106 Å². The maximum Gasteiger partial charge on any atom is 0.452 e. The minimum Gasteiger partial charge on any atom is -0.447 e. The van der Waals surface area contributed by atoms with Crippen LogP contribution < -0.4 is 69.7 Å². The molecule has 4 aliphatic heterocycles. The molecule has 6 fully saturated rings. The van der Waals surface area contributed by atoms with Crippen LogP contribution in [0.3, 0.4) is 0 Å². The molecule has 3 unspecified atom stereocenters. The van der Waals surface area contributed by atoms with E-state index in [1.54, 1.807) is 59.4 Å². The first-order valence-electron chi connectivity index (χ1n) is 51.4. The monoisotopic (exact) mass is 2000 g/mol. The third-order valence-corrected chi connectivity index (χ3v) is 27.5. The van der Waals surface area contributed by atoms with E-state index < -0.39 is 24.0 Å². The molecule has 0 bridgehead atoms. The van der Waals surface area contributed by atoms with Crippen molar-refractivity contribution in [1.29, 1.82) is 0 Å². The number of benzene rings is 4. The van der Waals surface area contributed by atoms with E-state index in [9.17, 15) is 32.3 Å². The standard InChI is InChI=1S/C29H26F3N7O2.C29H33N7O3.C29H34N6O.C26H31N5O/c30-29(31,32)25-22(17-35-41-25)18-39-26-21(15-20(27(39)40)6-5-19-3-1-2-4-19)16-34-28(37-26)36-23-7-9-24(10-8-23)38-13-11-33-12-14-38;1-3-39-13-10-22-15-24-17-32-29(33-25-8-6-21(7-9-25)23-5-4-11-30-16-23)34-27(24)36(28(22)37)19-26-18-31-20-35(26)12-14-38-2;36-28-21(10-9-20-5-1-2-6-20)17-22-18-31-29(34-27(22)35(28)26-7-3-4-8-26)33-24-13-11-23(12-14-24)32-25-15-16-30-19-25;1-17(2)6-7-20-14-22-15-27-26(29-24(22)31(18(3)4)25(20)32)28-23-10-8-19(9-11-23)21-12-13-30(5)16-21/h3,7-10,15-17,33H,1-2,4,11-14,18H2,(H,34,36,37);6-9,15,17-18,20,23,30H,3-5,11-12,14,16,19H2,1-2H3,(H,32,33,34);11-14,17-18,20,25-26,30,32H,1-8,15-16,19H2,(H,31,33,34);8-11,14-15,17-18,21H,12-13,16H2,1-5H3,(H,27,28,29). The highest BCUT2D eigenvalue weighted by molar-refractivity contribution is 5.82. The van der Waals surface area contributed by atoms with Crippen LogP contribution in [0.4, 0.5) is 71.1 Å². The SMILES string of the molecule is CC(C)C#Cc1cc2cnc(Nc3ccc(C4CCN(C)C4)cc3)nc2n(C(C)C)c1=O.CCOC#Cc1cc2cnc(Nc3ccc(C4CCCNC4)cc3)nc2n(Cc2cncn2CCOC)c1=O.O=c1c(C#CC2=CCCC2)cc2cnc(Nc3ccc(N4CCNCC4)cc3)nc2n1Cc1cnoc1C(F)(F)F.O=c1c(C#CC2CCCC2)cc2cnc(Nc3ccc(NC4CCNC4)cc3)nc2n1C1CCCC1. The first-order chi connectivity index (χ1) is 72.0. The number of piperidine rings is 1. The van der Waals surface area contributed by atoms with Gasteiger partial charge in [-0.25, -0.2) is 24.9 Å². The quantitative estimate of drug-likeness (QED) is 0.0276. The van der Waals surface area contributed by atoms with Crippen molar-refractivity contribution >= 4 is 102 Å².